The summed E-state index contributed by atoms with van der Waals surface area (Å²) in [6.07, 6.45) is 11.6. The second kappa shape index (κ2) is 5.35. The number of hydrogen-bond donors (Lipinski definition) is 1. The van der Waals surface area contributed by atoms with Gasteiger partial charge in [0.25, 0.3) is 0 Å². The van der Waals surface area contributed by atoms with Crippen molar-refractivity contribution in [3.8, 4) is 0 Å². The molecule has 1 heteroatoms. The highest BCUT2D eigenvalue weighted by atomic mass is 16.3. The van der Waals surface area contributed by atoms with Gasteiger partial charge in [-0.1, -0.05) is 12.2 Å². The zero-order chi connectivity index (χ0) is 10.4. The van der Waals surface area contributed by atoms with Crippen molar-refractivity contribution < 1.29 is 5.11 Å². The van der Waals surface area contributed by atoms with E-state index in [0.29, 0.717) is 5.41 Å². The van der Waals surface area contributed by atoms with Crippen LogP contribution in [-0.4, -0.2) is 11.2 Å². The standard InChI is InChI=1S/C13H22O/c1-3-5-8-13(9-6-4-2)10-7-12(14)11-13/h3-4,12,14H,1-2,5-11H2. The summed E-state index contributed by atoms with van der Waals surface area (Å²) >= 11 is 0. The summed E-state index contributed by atoms with van der Waals surface area (Å²) in [5.74, 6) is 0. The Balaban J connectivity index is 2.49. The molecule has 1 nitrogen and oxygen atoms in total. The summed E-state index contributed by atoms with van der Waals surface area (Å²) in [6, 6.07) is 0. The molecule has 1 unspecified atom stereocenters. The predicted molar refractivity (Wildman–Crippen MR) is 61.2 cm³/mol. The quantitative estimate of drug-likeness (QED) is 0.642. The molecule has 1 fully saturated rings. The molecule has 0 amide bonds. The van der Waals surface area contributed by atoms with Crippen LogP contribution in [0.15, 0.2) is 25.3 Å². The van der Waals surface area contributed by atoms with Gasteiger partial charge in [-0.2, -0.15) is 0 Å². The minimum Gasteiger partial charge on any atom is -0.393 e. The maximum absolute atomic E-state index is 9.61. The molecule has 0 spiro atoms. The molecule has 1 aliphatic carbocycles. The molecule has 0 bridgehead atoms. The van der Waals surface area contributed by atoms with Gasteiger partial charge in [0.2, 0.25) is 0 Å². The first-order valence-corrected chi connectivity index (χ1v) is 5.62. The molecule has 0 saturated heterocycles. The lowest BCUT2D eigenvalue weighted by Gasteiger charge is -2.28. The SMILES string of the molecule is C=CCCC1(CCC=C)CCC(O)C1. The molecular formula is C13H22O. The van der Waals surface area contributed by atoms with Crippen molar-refractivity contribution in [2.24, 2.45) is 5.41 Å². The minimum absolute atomic E-state index is 0.0652. The van der Waals surface area contributed by atoms with Gasteiger partial charge < -0.3 is 5.11 Å². The molecule has 14 heavy (non-hydrogen) atoms. The molecule has 80 valence electrons. The van der Waals surface area contributed by atoms with E-state index in [0.717, 1.165) is 25.7 Å². The summed E-state index contributed by atoms with van der Waals surface area (Å²) in [4.78, 5) is 0. The lowest BCUT2D eigenvalue weighted by molar-refractivity contribution is 0.150. The Kier molecular flexibility index (Phi) is 4.40. The van der Waals surface area contributed by atoms with Crippen LogP contribution < -0.4 is 0 Å². The van der Waals surface area contributed by atoms with E-state index in [4.69, 9.17) is 0 Å². The first-order chi connectivity index (χ1) is 6.72. The average molecular weight is 194 g/mol. The van der Waals surface area contributed by atoms with E-state index in [1.165, 1.54) is 19.3 Å². The van der Waals surface area contributed by atoms with Crippen molar-refractivity contribution in [1.82, 2.24) is 0 Å². The van der Waals surface area contributed by atoms with Crippen LogP contribution in [0.5, 0.6) is 0 Å². The normalized spacial score (nSPS) is 24.8. The third-order valence-corrected chi connectivity index (χ3v) is 3.43. The summed E-state index contributed by atoms with van der Waals surface area (Å²) in [7, 11) is 0. The second-order valence-electron chi connectivity index (χ2n) is 4.55. The Morgan fingerprint density at radius 3 is 2.14 bits per heavy atom. The van der Waals surface area contributed by atoms with Crippen LogP contribution in [0.2, 0.25) is 0 Å². The number of allylic oxidation sites excluding steroid dienone is 2. The number of rotatable bonds is 6. The monoisotopic (exact) mass is 194 g/mol. The third-order valence-electron chi connectivity index (χ3n) is 3.43. The molecule has 1 saturated carbocycles. The molecule has 1 rings (SSSR count). The van der Waals surface area contributed by atoms with Crippen LogP contribution in [0.25, 0.3) is 0 Å². The molecular weight excluding hydrogens is 172 g/mol. The fraction of sp³-hybridized carbons (Fsp3) is 0.692. The Hall–Kier alpha value is -0.560. The van der Waals surface area contributed by atoms with E-state index in [-0.39, 0.29) is 6.10 Å². The van der Waals surface area contributed by atoms with Crippen LogP contribution in [0.1, 0.15) is 44.9 Å². The summed E-state index contributed by atoms with van der Waals surface area (Å²) in [6.45, 7) is 7.54. The molecule has 0 aromatic heterocycles. The highest BCUT2D eigenvalue weighted by molar-refractivity contribution is 4.92. The Morgan fingerprint density at radius 1 is 1.21 bits per heavy atom. The van der Waals surface area contributed by atoms with E-state index in [2.05, 4.69) is 13.2 Å². The van der Waals surface area contributed by atoms with Crippen molar-refractivity contribution in [1.29, 1.82) is 0 Å². The van der Waals surface area contributed by atoms with Crippen molar-refractivity contribution in [2.75, 3.05) is 0 Å². The molecule has 0 radical (unpaired) electrons. The van der Waals surface area contributed by atoms with E-state index in [9.17, 15) is 5.11 Å². The van der Waals surface area contributed by atoms with Crippen LogP contribution in [0.3, 0.4) is 0 Å². The Labute approximate surface area is 87.5 Å². The van der Waals surface area contributed by atoms with Gasteiger partial charge in [0.1, 0.15) is 0 Å². The van der Waals surface area contributed by atoms with E-state index in [1.807, 2.05) is 12.2 Å². The molecule has 0 aliphatic heterocycles. The van der Waals surface area contributed by atoms with Crippen molar-refractivity contribution in [2.45, 2.75) is 51.0 Å². The van der Waals surface area contributed by atoms with Crippen molar-refractivity contribution in [3.05, 3.63) is 25.3 Å². The molecule has 0 aromatic rings. The van der Waals surface area contributed by atoms with Crippen LogP contribution in [-0.2, 0) is 0 Å². The van der Waals surface area contributed by atoms with Gasteiger partial charge in [-0.05, 0) is 50.4 Å². The highest BCUT2D eigenvalue weighted by Gasteiger charge is 2.36. The molecule has 1 aliphatic rings. The maximum atomic E-state index is 9.61. The zero-order valence-corrected chi connectivity index (χ0v) is 9.04. The Bertz CT molecular complexity index is 183. The third kappa shape index (κ3) is 2.98. The van der Waals surface area contributed by atoms with Crippen molar-refractivity contribution in [3.63, 3.8) is 0 Å². The van der Waals surface area contributed by atoms with E-state index >= 15 is 0 Å². The smallest absolute Gasteiger partial charge is 0.0545 e. The Morgan fingerprint density at radius 2 is 1.79 bits per heavy atom. The van der Waals surface area contributed by atoms with Gasteiger partial charge in [-0.25, -0.2) is 0 Å². The largest absolute Gasteiger partial charge is 0.393 e. The summed E-state index contributed by atoms with van der Waals surface area (Å²) < 4.78 is 0. The predicted octanol–water partition coefficient (Wildman–Crippen LogP) is 3.45. The van der Waals surface area contributed by atoms with Gasteiger partial charge in [0, 0.05) is 0 Å². The van der Waals surface area contributed by atoms with E-state index in [1.54, 1.807) is 0 Å². The van der Waals surface area contributed by atoms with Gasteiger partial charge in [0.15, 0.2) is 0 Å². The number of aliphatic hydroxyl groups is 1. The average Bonchev–Trinajstić information content (AvgIpc) is 2.55. The molecule has 1 N–H and O–H groups in total. The van der Waals surface area contributed by atoms with Crippen LogP contribution >= 0.6 is 0 Å². The van der Waals surface area contributed by atoms with Crippen molar-refractivity contribution >= 4 is 0 Å². The lowest BCUT2D eigenvalue weighted by atomic mass is 9.77. The molecule has 0 heterocycles. The van der Waals surface area contributed by atoms with Gasteiger partial charge >= 0.3 is 0 Å². The first kappa shape index (κ1) is 11.5. The summed E-state index contributed by atoms with van der Waals surface area (Å²) in [5, 5.41) is 9.61. The zero-order valence-electron chi connectivity index (χ0n) is 9.04. The van der Waals surface area contributed by atoms with Crippen LogP contribution in [0.4, 0.5) is 0 Å². The highest BCUT2D eigenvalue weighted by Crippen LogP contribution is 2.45. The lowest BCUT2D eigenvalue weighted by Crippen LogP contribution is -2.17. The van der Waals surface area contributed by atoms with Crippen LogP contribution in [0, 0.1) is 5.41 Å². The first-order valence-electron chi connectivity index (χ1n) is 5.62. The van der Waals surface area contributed by atoms with E-state index < -0.39 is 0 Å². The summed E-state index contributed by atoms with van der Waals surface area (Å²) in [5.41, 5.74) is 0.377. The van der Waals surface area contributed by atoms with Gasteiger partial charge in [-0.3, -0.25) is 0 Å². The maximum Gasteiger partial charge on any atom is 0.0545 e. The number of aliphatic hydroxyl groups excluding tert-OH is 1. The topological polar surface area (TPSA) is 20.2 Å². The fourth-order valence-electron chi connectivity index (χ4n) is 2.57. The molecule has 0 aromatic carbocycles. The second-order valence-corrected chi connectivity index (χ2v) is 4.55. The van der Waals surface area contributed by atoms with Gasteiger partial charge in [-0.15, -0.1) is 13.2 Å². The minimum atomic E-state index is -0.0652. The fourth-order valence-corrected chi connectivity index (χ4v) is 2.57. The molecule has 1 atom stereocenters. The number of hydrogen-bond acceptors (Lipinski definition) is 1. The van der Waals surface area contributed by atoms with Gasteiger partial charge in [0.05, 0.1) is 6.10 Å².